The number of alkyl halides is 2. The van der Waals surface area contributed by atoms with Crippen molar-refractivity contribution in [1.82, 2.24) is 14.6 Å². The van der Waals surface area contributed by atoms with E-state index in [9.17, 15) is 8.78 Å². The van der Waals surface area contributed by atoms with Crippen LogP contribution in [0.15, 0.2) is 44.6 Å². The van der Waals surface area contributed by atoms with E-state index in [1.807, 2.05) is 5.38 Å². The standard InChI is InChI=1S/C19H24F2N6OS2/c20-19(21)25-9-12(8-22)15-10-24-17(18-23-3-6-29-18)27-11-13(7-16(15)27)26-30-14-1-4-28-5-2-14/h3,6,8-9,13-14,19,26H,1-2,4-5,7,10-11,22H2. The van der Waals surface area contributed by atoms with E-state index in [-0.39, 0.29) is 6.04 Å². The number of fused-ring (bicyclic) bond motifs is 1. The number of ether oxygens (including phenoxy) is 1. The summed E-state index contributed by atoms with van der Waals surface area (Å²) in [6.45, 7) is -0.0645. The van der Waals surface area contributed by atoms with E-state index in [0.717, 1.165) is 67.3 Å². The summed E-state index contributed by atoms with van der Waals surface area (Å²) in [5.41, 5.74) is 8.11. The normalized spacial score (nSPS) is 23.6. The average molecular weight is 455 g/mol. The maximum Gasteiger partial charge on any atom is 0.331 e. The number of aromatic nitrogens is 1. The maximum atomic E-state index is 12.6. The van der Waals surface area contributed by atoms with Crippen molar-refractivity contribution in [2.75, 3.05) is 26.3 Å². The van der Waals surface area contributed by atoms with Gasteiger partial charge >= 0.3 is 6.55 Å². The number of nitrogens with zero attached hydrogens (tertiary/aromatic N) is 4. The van der Waals surface area contributed by atoms with Gasteiger partial charge in [0.15, 0.2) is 10.8 Å². The molecule has 1 aromatic rings. The van der Waals surface area contributed by atoms with Gasteiger partial charge in [-0.25, -0.2) is 9.98 Å². The van der Waals surface area contributed by atoms with Crippen molar-refractivity contribution < 1.29 is 13.5 Å². The summed E-state index contributed by atoms with van der Waals surface area (Å²) in [5, 5.41) is 3.31. The molecule has 0 aliphatic carbocycles. The molecule has 3 aliphatic rings. The van der Waals surface area contributed by atoms with E-state index < -0.39 is 6.55 Å². The lowest BCUT2D eigenvalue weighted by Gasteiger charge is -2.28. The third-order valence-electron chi connectivity index (χ3n) is 5.21. The summed E-state index contributed by atoms with van der Waals surface area (Å²) in [6, 6.07) is 0.206. The Kier molecular flexibility index (Phi) is 7.13. The number of thiazole rings is 1. The monoisotopic (exact) mass is 454 g/mol. The van der Waals surface area contributed by atoms with Crippen LogP contribution in [0.2, 0.25) is 0 Å². The number of hydrogen-bond acceptors (Lipinski definition) is 9. The van der Waals surface area contributed by atoms with Gasteiger partial charge in [0, 0.05) is 78.3 Å². The van der Waals surface area contributed by atoms with Gasteiger partial charge in [0.05, 0.1) is 6.54 Å². The van der Waals surface area contributed by atoms with Crippen molar-refractivity contribution in [2.24, 2.45) is 15.7 Å². The van der Waals surface area contributed by atoms with Crippen molar-refractivity contribution in [2.45, 2.75) is 37.1 Å². The van der Waals surface area contributed by atoms with E-state index in [0.29, 0.717) is 17.4 Å². The van der Waals surface area contributed by atoms with Gasteiger partial charge in [0.1, 0.15) is 0 Å². The molecule has 1 aromatic heterocycles. The van der Waals surface area contributed by atoms with Gasteiger partial charge in [-0.1, -0.05) is 11.9 Å². The second-order valence-electron chi connectivity index (χ2n) is 7.14. The second-order valence-corrected chi connectivity index (χ2v) is 9.17. The van der Waals surface area contributed by atoms with E-state index in [1.54, 1.807) is 18.1 Å². The zero-order valence-electron chi connectivity index (χ0n) is 16.3. The minimum absolute atomic E-state index is 0.206. The van der Waals surface area contributed by atoms with Crippen LogP contribution in [0.3, 0.4) is 0 Å². The maximum absolute atomic E-state index is 12.6. The van der Waals surface area contributed by atoms with Crippen molar-refractivity contribution >= 4 is 35.3 Å². The van der Waals surface area contributed by atoms with Crippen LogP contribution in [0.4, 0.5) is 8.78 Å². The Bertz CT molecular complexity index is 849. The Hall–Kier alpha value is -1.82. The molecule has 1 atom stereocenters. The van der Waals surface area contributed by atoms with Gasteiger partial charge in [-0.2, -0.15) is 8.78 Å². The topological polar surface area (TPSA) is 88.1 Å². The summed E-state index contributed by atoms with van der Waals surface area (Å²) >= 11 is 3.31. The summed E-state index contributed by atoms with van der Waals surface area (Å²) in [6.07, 6.45) is 7.07. The zero-order valence-corrected chi connectivity index (χ0v) is 18.0. The lowest BCUT2D eigenvalue weighted by atomic mass is 10.0. The van der Waals surface area contributed by atoms with Crippen LogP contribution < -0.4 is 10.5 Å². The van der Waals surface area contributed by atoms with Gasteiger partial charge in [-0.3, -0.25) is 9.71 Å². The number of hydrogen-bond donors (Lipinski definition) is 2. The lowest BCUT2D eigenvalue weighted by Crippen LogP contribution is -2.36. The number of halogens is 2. The van der Waals surface area contributed by atoms with Crippen molar-refractivity contribution in [3.8, 4) is 0 Å². The molecule has 0 spiro atoms. The van der Waals surface area contributed by atoms with Gasteiger partial charge in [0.2, 0.25) is 0 Å². The average Bonchev–Trinajstić information content (AvgIpc) is 3.43. The van der Waals surface area contributed by atoms with Crippen LogP contribution in [0, 0.1) is 0 Å². The molecule has 162 valence electrons. The zero-order chi connectivity index (χ0) is 20.9. The Labute approximate surface area is 182 Å². The molecule has 7 nitrogen and oxygen atoms in total. The molecule has 30 heavy (non-hydrogen) atoms. The number of nitrogens with two attached hydrogens (primary N) is 1. The lowest BCUT2D eigenvalue weighted by molar-refractivity contribution is 0.0999. The molecule has 3 aliphatic heterocycles. The fraction of sp³-hybridized carbons (Fsp3) is 0.526. The number of rotatable bonds is 7. The highest BCUT2D eigenvalue weighted by Gasteiger charge is 2.36. The minimum Gasteiger partial charge on any atom is -0.404 e. The Balaban J connectivity index is 1.55. The van der Waals surface area contributed by atoms with Crippen LogP contribution in [-0.4, -0.2) is 66.1 Å². The molecule has 0 radical (unpaired) electrons. The Morgan fingerprint density at radius 1 is 1.43 bits per heavy atom. The minimum atomic E-state index is -2.77. The van der Waals surface area contributed by atoms with Crippen LogP contribution >= 0.6 is 23.3 Å². The molecule has 2 fully saturated rings. The Morgan fingerprint density at radius 3 is 2.97 bits per heavy atom. The first-order valence-corrected chi connectivity index (χ1v) is 11.6. The summed E-state index contributed by atoms with van der Waals surface area (Å²) in [7, 11) is 0. The smallest absolute Gasteiger partial charge is 0.331 e. The molecule has 3 N–H and O–H groups in total. The second kappa shape index (κ2) is 9.99. The van der Waals surface area contributed by atoms with Gasteiger partial charge in [-0.15, -0.1) is 11.3 Å². The van der Waals surface area contributed by atoms with Crippen molar-refractivity contribution in [1.29, 1.82) is 0 Å². The molecule has 2 saturated heterocycles. The molecule has 1 unspecified atom stereocenters. The SMILES string of the molecule is NC=C(C=NC(F)F)C1=C2CC(NSC3CCOCC3)CN2C(c2nccs2)=NC1. The molecule has 0 aromatic carbocycles. The highest BCUT2D eigenvalue weighted by molar-refractivity contribution is 7.98. The number of aliphatic imine (C=N–C) groups is 2. The quantitative estimate of drug-likeness (QED) is 0.374. The summed E-state index contributed by atoms with van der Waals surface area (Å²) < 4.78 is 34.3. The Morgan fingerprint density at radius 2 is 2.27 bits per heavy atom. The first kappa shape index (κ1) is 21.4. The van der Waals surface area contributed by atoms with Crippen LogP contribution in [0.5, 0.6) is 0 Å². The molecule has 4 rings (SSSR count). The van der Waals surface area contributed by atoms with Crippen molar-refractivity contribution in [3.05, 3.63) is 39.6 Å². The highest BCUT2D eigenvalue weighted by Crippen LogP contribution is 2.34. The molecule has 0 amide bonds. The fourth-order valence-corrected chi connectivity index (χ4v) is 5.39. The first-order chi connectivity index (χ1) is 14.7. The van der Waals surface area contributed by atoms with Crippen LogP contribution in [0.25, 0.3) is 0 Å². The molecule has 0 bridgehead atoms. The molecular weight excluding hydrogens is 430 g/mol. The van der Waals surface area contributed by atoms with Crippen LogP contribution in [0.1, 0.15) is 24.3 Å². The van der Waals surface area contributed by atoms with E-state index >= 15 is 0 Å². The largest absolute Gasteiger partial charge is 0.404 e. The highest BCUT2D eigenvalue weighted by atomic mass is 32.2. The summed E-state index contributed by atoms with van der Waals surface area (Å²) in [5.74, 6) is 0.825. The van der Waals surface area contributed by atoms with Crippen LogP contribution in [-0.2, 0) is 4.74 Å². The van der Waals surface area contributed by atoms with E-state index in [1.165, 1.54) is 17.5 Å². The number of amidine groups is 1. The molecular formula is C19H24F2N6OS2. The van der Waals surface area contributed by atoms with Crippen molar-refractivity contribution in [3.63, 3.8) is 0 Å². The molecule has 11 heteroatoms. The first-order valence-electron chi connectivity index (χ1n) is 9.82. The molecule has 0 saturated carbocycles. The third-order valence-corrected chi connectivity index (χ3v) is 7.25. The van der Waals surface area contributed by atoms with Gasteiger partial charge in [0.25, 0.3) is 0 Å². The van der Waals surface area contributed by atoms with Gasteiger partial charge in [-0.05, 0) is 12.8 Å². The van der Waals surface area contributed by atoms with E-state index in [2.05, 4.69) is 19.6 Å². The molecule has 4 heterocycles. The third kappa shape index (κ3) is 4.90. The number of nitrogens with one attached hydrogen (secondary N) is 1. The van der Waals surface area contributed by atoms with Gasteiger partial charge < -0.3 is 15.4 Å². The predicted octanol–water partition coefficient (Wildman–Crippen LogP) is 2.78. The van der Waals surface area contributed by atoms with E-state index in [4.69, 9.17) is 15.5 Å². The predicted molar refractivity (Wildman–Crippen MR) is 117 cm³/mol. The fourth-order valence-electron chi connectivity index (χ4n) is 3.77. The summed E-state index contributed by atoms with van der Waals surface area (Å²) in [4.78, 5) is 14.5.